The average Bonchev–Trinajstić information content (AvgIpc) is 3.53. The number of hydrogen-bond acceptors (Lipinski definition) is 5. The number of sulfonamides is 1. The van der Waals surface area contributed by atoms with Crippen molar-refractivity contribution < 1.29 is 18.0 Å². The van der Waals surface area contributed by atoms with E-state index in [-0.39, 0.29) is 23.9 Å². The molecule has 2 amide bonds. The van der Waals surface area contributed by atoms with E-state index in [0.29, 0.717) is 42.3 Å². The predicted octanol–water partition coefficient (Wildman–Crippen LogP) is 3.01. The summed E-state index contributed by atoms with van der Waals surface area (Å²) in [5.74, 6) is -0.221. The monoisotopic (exact) mass is 517 g/mol. The van der Waals surface area contributed by atoms with E-state index in [4.69, 9.17) is 11.6 Å². The van der Waals surface area contributed by atoms with Crippen LogP contribution in [0.5, 0.6) is 0 Å². The van der Waals surface area contributed by atoms with Crippen LogP contribution in [0, 0.1) is 0 Å². The Balaban J connectivity index is 1.55. The highest BCUT2D eigenvalue weighted by Gasteiger charge is 2.27. The number of rotatable bonds is 9. The summed E-state index contributed by atoms with van der Waals surface area (Å²) in [6, 6.07) is 9.21. The largest absolute Gasteiger partial charge is 0.350 e. The Morgan fingerprint density at radius 1 is 1.17 bits per heavy atom. The van der Waals surface area contributed by atoms with Gasteiger partial charge in [-0.1, -0.05) is 35.9 Å². The highest BCUT2D eigenvalue weighted by molar-refractivity contribution is 7.89. The molecule has 0 unspecified atom stereocenters. The van der Waals surface area contributed by atoms with Gasteiger partial charge in [-0.25, -0.2) is 8.42 Å². The maximum absolute atomic E-state index is 12.7. The number of nitrogens with one attached hydrogen (secondary N) is 3. The van der Waals surface area contributed by atoms with E-state index in [0.717, 1.165) is 41.4 Å². The van der Waals surface area contributed by atoms with Gasteiger partial charge in [0.05, 0.1) is 6.26 Å². The van der Waals surface area contributed by atoms with Gasteiger partial charge < -0.3 is 10.3 Å². The van der Waals surface area contributed by atoms with E-state index in [9.17, 15) is 22.8 Å². The predicted molar refractivity (Wildman–Crippen MR) is 135 cm³/mol. The molecule has 1 aromatic heterocycles. The quantitative estimate of drug-likeness (QED) is 0.471. The average molecular weight is 518 g/mol. The zero-order valence-corrected chi connectivity index (χ0v) is 21.0. The van der Waals surface area contributed by atoms with Crippen molar-refractivity contribution in [3.63, 3.8) is 0 Å². The molecule has 2 heterocycles. The number of carbonyl (C=O) groups is 2. The number of benzene rings is 1. The lowest BCUT2D eigenvalue weighted by Gasteiger charge is -2.14. The summed E-state index contributed by atoms with van der Waals surface area (Å²) in [7, 11) is -3.57. The van der Waals surface area contributed by atoms with Crippen LogP contribution in [-0.4, -0.2) is 37.5 Å². The van der Waals surface area contributed by atoms with Crippen LogP contribution in [0.2, 0.25) is 5.02 Å². The van der Waals surface area contributed by atoms with Crippen molar-refractivity contribution in [2.75, 3.05) is 6.26 Å². The summed E-state index contributed by atoms with van der Waals surface area (Å²) >= 11 is 6.56. The number of hydrogen-bond donors (Lipinski definition) is 3. The molecule has 0 spiro atoms. The molecule has 8 nitrogen and oxygen atoms in total. The fourth-order valence-electron chi connectivity index (χ4n) is 4.28. The summed E-state index contributed by atoms with van der Waals surface area (Å²) in [6.07, 6.45) is 7.09. The van der Waals surface area contributed by atoms with Crippen molar-refractivity contribution >= 4 is 39.0 Å². The van der Waals surface area contributed by atoms with E-state index >= 15 is 0 Å². The molecule has 1 aliphatic heterocycles. The molecule has 0 bridgehead atoms. The van der Waals surface area contributed by atoms with Crippen molar-refractivity contribution in [2.24, 2.45) is 0 Å². The Kier molecular flexibility index (Phi) is 7.47. The SMILES string of the molecule is CS(=O)(=O)NC(=O)CCCc1ccc(/C(=C\[C@H]2CCC(=O)N2)c2ccc(C3CC3)c(=O)[nH]2)cc1Cl. The minimum atomic E-state index is -3.57. The third kappa shape index (κ3) is 6.82. The topological polar surface area (TPSA) is 125 Å². The van der Waals surface area contributed by atoms with Gasteiger partial charge in [0.15, 0.2) is 0 Å². The minimum absolute atomic E-state index is 0.00327. The summed E-state index contributed by atoms with van der Waals surface area (Å²) in [4.78, 5) is 39.1. The second-order valence-corrected chi connectivity index (χ2v) is 11.3. The van der Waals surface area contributed by atoms with Gasteiger partial charge in [0.1, 0.15) is 0 Å². The number of aromatic amines is 1. The number of carbonyl (C=O) groups excluding carboxylic acids is 2. The third-order valence-corrected chi connectivity index (χ3v) is 7.11. The van der Waals surface area contributed by atoms with Crippen molar-refractivity contribution in [3.8, 4) is 0 Å². The Labute approximate surface area is 209 Å². The second kappa shape index (κ2) is 10.4. The molecule has 2 aromatic rings. The Morgan fingerprint density at radius 3 is 2.54 bits per heavy atom. The zero-order valence-electron chi connectivity index (χ0n) is 19.4. The van der Waals surface area contributed by atoms with E-state index in [1.54, 1.807) is 0 Å². The number of pyridine rings is 1. The normalized spacial score (nSPS) is 18.4. The maximum Gasteiger partial charge on any atom is 0.251 e. The molecule has 35 heavy (non-hydrogen) atoms. The highest BCUT2D eigenvalue weighted by Crippen LogP contribution is 2.38. The smallest absolute Gasteiger partial charge is 0.251 e. The molecular weight excluding hydrogens is 490 g/mol. The molecule has 2 fully saturated rings. The lowest BCUT2D eigenvalue weighted by Crippen LogP contribution is -2.29. The minimum Gasteiger partial charge on any atom is -0.350 e. The van der Waals surface area contributed by atoms with Crippen LogP contribution >= 0.6 is 11.6 Å². The van der Waals surface area contributed by atoms with Gasteiger partial charge in [-0.3, -0.25) is 19.1 Å². The van der Waals surface area contributed by atoms with Gasteiger partial charge >= 0.3 is 0 Å². The van der Waals surface area contributed by atoms with Gasteiger partial charge in [0, 0.05) is 40.7 Å². The first kappa shape index (κ1) is 25.2. The fourth-order valence-corrected chi connectivity index (χ4v) is 5.07. The molecule has 2 aliphatic rings. The molecule has 1 atom stereocenters. The lowest BCUT2D eigenvalue weighted by molar-refractivity contribution is -0.120. The van der Waals surface area contributed by atoms with E-state index in [1.807, 2.05) is 41.1 Å². The van der Waals surface area contributed by atoms with Crippen LogP contribution in [0.15, 0.2) is 41.2 Å². The van der Waals surface area contributed by atoms with Crippen LogP contribution in [-0.2, 0) is 26.0 Å². The molecule has 0 radical (unpaired) electrons. The lowest BCUT2D eigenvalue weighted by atomic mass is 9.96. The summed E-state index contributed by atoms with van der Waals surface area (Å²) < 4.78 is 24.3. The fraction of sp³-hybridized carbons (Fsp3) is 0.400. The van der Waals surface area contributed by atoms with Crippen molar-refractivity contribution in [1.82, 2.24) is 15.0 Å². The highest BCUT2D eigenvalue weighted by atomic mass is 35.5. The van der Waals surface area contributed by atoms with Crippen LogP contribution in [0.3, 0.4) is 0 Å². The van der Waals surface area contributed by atoms with E-state index in [1.165, 1.54) is 0 Å². The van der Waals surface area contributed by atoms with E-state index < -0.39 is 15.9 Å². The van der Waals surface area contributed by atoms with Crippen molar-refractivity contribution in [1.29, 1.82) is 0 Å². The van der Waals surface area contributed by atoms with Crippen LogP contribution in [0.4, 0.5) is 0 Å². The van der Waals surface area contributed by atoms with Crippen LogP contribution in [0.25, 0.3) is 5.57 Å². The first-order valence-electron chi connectivity index (χ1n) is 11.6. The zero-order chi connectivity index (χ0) is 25.2. The molecular formula is C25H28ClN3O5S. The number of amides is 2. The maximum atomic E-state index is 12.7. The molecule has 1 aliphatic carbocycles. The summed E-state index contributed by atoms with van der Waals surface area (Å²) in [5, 5.41) is 3.44. The Hall–Kier alpha value is -2.91. The van der Waals surface area contributed by atoms with Crippen LogP contribution < -0.4 is 15.6 Å². The molecule has 1 aromatic carbocycles. The molecule has 1 saturated heterocycles. The Bertz CT molecular complexity index is 1350. The molecule has 186 valence electrons. The van der Waals surface area contributed by atoms with Crippen LogP contribution in [0.1, 0.15) is 66.8 Å². The van der Waals surface area contributed by atoms with Gasteiger partial charge in [0.25, 0.3) is 5.56 Å². The Morgan fingerprint density at radius 2 is 1.94 bits per heavy atom. The first-order chi connectivity index (χ1) is 16.6. The number of H-pyrrole nitrogens is 1. The number of aromatic nitrogens is 1. The van der Waals surface area contributed by atoms with Gasteiger partial charge in [-0.05, 0) is 61.3 Å². The second-order valence-electron chi connectivity index (χ2n) is 9.18. The molecule has 3 N–H and O–H groups in total. The summed E-state index contributed by atoms with van der Waals surface area (Å²) in [5.41, 5.74) is 3.76. The van der Waals surface area contributed by atoms with Gasteiger partial charge in [-0.2, -0.15) is 0 Å². The van der Waals surface area contributed by atoms with Crippen molar-refractivity contribution in [3.05, 3.63) is 74.2 Å². The number of aryl methyl sites for hydroxylation is 1. The number of halogens is 1. The molecule has 1 saturated carbocycles. The van der Waals surface area contributed by atoms with Gasteiger partial charge in [0.2, 0.25) is 21.8 Å². The first-order valence-corrected chi connectivity index (χ1v) is 13.9. The molecule has 10 heteroatoms. The van der Waals surface area contributed by atoms with E-state index in [2.05, 4.69) is 10.3 Å². The third-order valence-electron chi connectivity index (χ3n) is 6.16. The summed E-state index contributed by atoms with van der Waals surface area (Å²) in [6.45, 7) is 0. The standard InChI is InChI=1S/C25H28ClN3O5S/c1-35(33,34)29-24(31)4-2-3-16-7-8-17(13-21(16)26)20(14-18-9-12-23(30)27-18)22-11-10-19(15-5-6-15)25(32)28-22/h7-8,10-11,13-15,18H,2-6,9,12H2,1H3,(H,27,30)(H,28,32)(H,29,31)/b20-14+/t18-/m1/s1. The van der Waals surface area contributed by atoms with Crippen molar-refractivity contribution in [2.45, 2.75) is 56.9 Å². The molecule has 4 rings (SSSR count). The van der Waals surface area contributed by atoms with Gasteiger partial charge in [-0.15, -0.1) is 0 Å².